The Labute approximate surface area is 256 Å². The largest absolute Gasteiger partial charge is 0.493 e. The van der Waals surface area contributed by atoms with Crippen LogP contribution in [0, 0.1) is 13.8 Å². The van der Waals surface area contributed by atoms with Gasteiger partial charge in [-0.2, -0.15) is 5.10 Å². The molecule has 0 radical (unpaired) electrons. The first kappa shape index (κ1) is 31.4. The van der Waals surface area contributed by atoms with Gasteiger partial charge >= 0.3 is 0 Å². The van der Waals surface area contributed by atoms with Crippen LogP contribution in [0.1, 0.15) is 22.3 Å². The van der Waals surface area contributed by atoms with Crippen molar-refractivity contribution in [3.63, 3.8) is 0 Å². The molecule has 0 atom stereocenters. The molecule has 0 aliphatic heterocycles. The first-order valence-corrected chi connectivity index (χ1v) is 15.0. The smallest absolute Gasteiger partial charge is 0.264 e. The van der Waals surface area contributed by atoms with Crippen molar-refractivity contribution in [1.29, 1.82) is 0 Å². The van der Waals surface area contributed by atoms with Gasteiger partial charge in [0.1, 0.15) is 18.9 Å². The number of aryl methyl sites for hydroxylation is 2. The number of amides is 1. The van der Waals surface area contributed by atoms with Crippen LogP contribution in [0.2, 0.25) is 5.02 Å². The Bertz CT molecular complexity index is 1690. The van der Waals surface area contributed by atoms with E-state index in [0.717, 1.165) is 21.0 Å². The molecule has 224 valence electrons. The lowest BCUT2D eigenvalue weighted by Gasteiger charge is -2.25. The number of nitrogens with zero attached hydrogens (tertiary/aromatic N) is 2. The normalized spacial score (nSPS) is 11.3. The molecule has 0 aromatic heterocycles. The van der Waals surface area contributed by atoms with Crippen molar-refractivity contribution in [2.45, 2.75) is 25.3 Å². The van der Waals surface area contributed by atoms with Crippen LogP contribution >= 0.6 is 11.6 Å². The highest BCUT2D eigenvalue weighted by Gasteiger charge is 2.28. The van der Waals surface area contributed by atoms with E-state index in [1.54, 1.807) is 48.5 Å². The number of nitrogens with one attached hydrogen (secondary N) is 1. The van der Waals surface area contributed by atoms with Gasteiger partial charge in [0, 0.05) is 11.1 Å². The Hall–Kier alpha value is -4.54. The quantitative estimate of drug-likeness (QED) is 0.156. The van der Waals surface area contributed by atoms with Crippen molar-refractivity contribution >= 4 is 39.4 Å². The number of carbonyl (C=O) groups is 1. The van der Waals surface area contributed by atoms with E-state index in [1.165, 1.54) is 38.6 Å². The molecule has 4 rings (SSSR count). The second-order valence-electron chi connectivity index (χ2n) is 9.65. The summed E-state index contributed by atoms with van der Waals surface area (Å²) in [5, 5.41) is 4.69. The second-order valence-corrected chi connectivity index (χ2v) is 12.0. The molecule has 4 aromatic rings. The van der Waals surface area contributed by atoms with Gasteiger partial charge in [-0.15, -0.1) is 0 Å². The molecular formula is C32H32ClN3O6S. The van der Waals surface area contributed by atoms with Crippen molar-refractivity contribution < 1.29 is 27.4 Å². The zero-order valence-electron chi connectivity index (χ0n) is 24.2. The summed E-state index contributed by atoms with van der Waals surface area (Å²) in [4.78, 5) is 12.9. The first-order valence-electron chi connectivity index (χ1n) is 13.2. The summed E-state index contributed by atoms with van der Waals surface area (Å²) in [7, 11) is -1.30. The van der Waals surface area contributed by atoms with E-state index in [2.05, 4.69) is 10.5 Å². The van der Waals surface area contributed by atoms with E-state index in [-0.39, 0.29) is 10.6 Å². The fourth-order valence-electron chi connectivity index (χ4n) is 4.26. The van der Waals surface area contributed by atoms with Crippen LogP contribution in [0.4, 0.5) is 5.69 Å². The van der Waals surface area contributed by atoms with E-state index in [4.69, 9.17) is 25.8 Å². The number of carbonyl (C=O) groups excluding carboxylic acids is 1. The molecule has 0 aliphatic rings. The predicted molar refractivity (Wildman–Crippen MR) is 168 cm³/mol. The minimum Gasteiger partial charge on any atom is -0.493 e. The van der Waals surface area contributed by atoms with Gasteiger partial charge in [-0.1, -0.05) is 29.8 Å². The van der Waals surface area contributed by atoms with Crippen LogP contribution in [0.5, 0.6) is 17.2 Å². The van der Waals surface area contributed by atoms with E-state index in [0.29, 0.717) is 34.4 Å². The van der Waals surface area contributed by atoms with Gasteiger partial charge in [0.05, 0.1) is 31.0 Å². The molecule has 1 amide bonds. The van der Waals surface area contributed by atoms with Gasteiger partial charge < -0.3 is 14.2 Å². The Balaban J connectivity index is 1.47. The summed E-state index contributed by atoms with van der Waals surface area (Å²) in [5.41, 5.74) is 6.17. The summed E-state index contributed by atoms with van der Waals surface area (Å²) >= 11 is 5.92. The Morgan fingerprint density at radius 1 is 0.884 bits per heavy atom. The lowest BCUT2D eigenvalue weighted by Crippen LogP contribution is -2.39. The molecule has 0 heterocycles. The van der Waals surface area contributed by atoms with Crippen molar-refractivity contribution in [3.05, 3.63) is 112 Å². The summed E-state index contributed by atoms with van der Waals surface area (Å²) in [5.74, 6) is 0.676. The number of hydrogen-bond donors (Lipinski definition) is 1. The van der Waals surface area contributed by atoms with Crippen LogP contribution in [0.3, 0.4) is 0 Å². The molecule has 0 fully saturated rings. The molecule has 11 heteroatoms. The average Bonchev–Trinajstić information content (AvgIpc) is 2.99. The summed E-state index contributed by atoms with van der Waals surface area (Å²) in [6.45, 7) is 3.60. The summed E-state index contributed by atoms with van der Waals surface area (Å²) in [6.07, 6.45) is 1.46. The molecule has 0 bridgehead atoms. The number of halogens is 1. The fraction of sp³-hybridized carbons (Fsp3) is 0.188. The highest BCUT2D eigenvalue weighted by atomic mass is 35.5. The monoisotopic (exact) mass is 621 g/mol. The van der Waals surface area contributed by atoms with E-state index in [1.807, 2.05) is 32.0 Å². The minimum absolute atomic E-state index is 0.0565. The number of methoxy groups -OCH3 is 2. The van der Waals surface area contributed by atoms with Gasteiger partial charge in [0.15, 0.2) is 11.5 Å². The lowest BCUT2D eigenvalue weighted by atomic mass is 10.1. The van der Waals surface area contributed by atoms with Crippen molar-refractivity contribution in [2.75, 3.05) is 25.1 Å². The van der Waals surface area contributed by atoms with Crippen LogP contribution in [0.25, 0.3) is 0 Å². The maximum atomic E-state index is 13.8. The van der Waals surface area contributed by atoms with Crippen LogP contribution < -0.4 is 23.9 Å². The lowest BCUT2D eigenvalue weighted by molar-refractivity contribution is -0.119. The van der Waals surface area contributed by atoms with Crippen LogP contribution in [0.15, 0.2) is 94.9 Å². The zero-order valence-corrected chi connectivity index (χ0v) is 25.8. The molecule has 1 N–H and O–H groups in total. The molecule has 0 saturated carbocycles. The summed E-state index contributed by atoms with van der Waals surface area (Å²) < 4.78 is 45.1. The average molecular weight is 622 g/mol. The van der Waals surface area contributed by atoms with Crippen molar-refractivity contribution in [3.8, 4) is 17.2 Å². The number of sulfonamides is 1. The van der Waals surface area contributed by atoms with Gasteiger partial charge in [-0.3, -0.25) is 9.10 Å². The second kappa shape index (κ2) is 14.1. The standard InChI is InChI=1S/C32H32ClN3O6S/c1-22-15-23(2)17-27(16-22)36(43(38,39)29-13-14-30(40-3)31(18-29)41-4)20-32(37)35-34-19-24-7-11-28(12-8-24)42-21-25-5-9-26(33)10-6-25/h5-19H,20-21H2,1-4H3,(H,35,37)/b34-19-. The third-order valence-corrected chi connectivity index (χ3v) is 8.35. The van der Waals surface area contributed by atoms with Gasteiger partial charge in [-0.05, 0) is 96.8 Å². The third-order valence-electron chi connectivity index (χ3n) is 6.33. The highest BCUT2D eigenvalue weighted by molar-refractivity contribution is 7.92. The van der Waals surface area contributed by atoms with E-state index < -0.39 is 22.5 Å². The van der Waals surface area contributed by atoms with Gasteiger partial charge in [0.2, 0.25) is 0 Å². The maximum Gasteiger partial charge on any atom is 0.264 e. The number of hydrogen-bond acceptors (Lipinski definition) is 7. The molecule has 0 unspecified atom stereocenters. The number of ether oxygens (including phenoxy) is 3. The number of hydrazone groups is 1. The SMILES string of the molecule is COc1ccc(S(=O)(=O)N(CC(=O)N/N=C\c2ccc(OCc3ccc(Cl)cc3)cc2)c2cc(C)cc(C)c2)cc1OC. The maximum absolute atomic E-state index is 13.8. The van der Waals surface area contributed by atoms with E-state index >= 15 is 0 Å². The zero-order chi connectivity index (χ0) is 31.0. The summed E-state index contributed by atoms with van der Waals surface area (Å²) in [6, 6.07) is 24.2. The Kier molecular flexibility index (Phi) is 10.3. The number of rotatable bonds is 12. The molecule has 0 spiro atoms. The number of benzene rings is 4. The minimum atomic E-state index is -4.19. The van der Waals surface area contributed by atoms with Crippen LogP contribution in [-0.2, 0) is 21.4 Å². The molecule has 0 aliphatic carbocycles. The molecule has 43 heavy (non-hydrogen) atoms. The fourth-order valence-corrected chi connectivity index (χ4v) is 5.80. The first-order chi connectivity index (χ1) is 20.6. The Morgan fingerprint density at radius 3 is 2.16 bits per heavy atom. The van der Waals surface area contributed by atoms with E-state index in [9.17, 15) is 13.2 Å². The van der Waals surface area contributed by atoms with Crippen LogP contribution in [-0.4, -0.2) is 41.3 Å². The van der Waals surface area contributed by atoms with Gasteiger partial charge in [0.25, 0.3) is 15.9 Å². The molecule has 0 saturated heterocycles. The van der Waals surface area contributed by atoms with Crippen molar-refractivity contribution in [1.82, 2.24) is 5.43 Å². The highest BCUT2D eigenvalue weighted by Crippen LogP contribution is 2.32. The molecular weight excluding hydrogens is 590 g/mol. The Morgan fingerprint density at radius 2 is 1.53 bits per heavy atom. The molecule has 4 aromatic carbocycles. The topological polar surface area (TPSA) is 107 Å². The van der Waals surface area contributed by atoms with Crippen molar-refractivity contribution in [2.24, 2.45) is 5.10 Å². The van der Waals surface area contributed by atoms with Gasteiger partial charge in [-0.25, -0.2) is 13.8 Å². The molecule has 9 nitrogen and oxygen atoms in total. The number of anilines is 1. The third kappa shape index (κ3) is 8.27. The predicted octanol–water partition coefficient (Wildman–Crippen LogP) is 5.90.